The van der Waals surface area contributed by atoms with Gasteiger partial charge in [0.15, 0.2) is 0 Å². The molecule has 2 rings (SSSR count). The largest absolute Gasteiger partial charge is 0.411 e. The van der Waals surface area contributed by atoms with Crippen LogP contribution in [0, 0.1) is 12.3 Å². The second-order valence-electron chi connectivity index (χ2n) is 3.87. The average molecular weight is 261 g/mol. The van der Waals surface area contributed by atoms with Crippen LogP contribution in [0.5, 0.6) is 0 Å². The summed E-state index contributed by atoms with van der Waals surface area (Å²) in [5.74, 6) is -0.428. The maximum atomic E-state index is 12.2. The van der Waals surface area contributed by atoms with Crippen LogP contribution in [0.15, 0.2) is 23.5 Å². The van der Waals surface area contributed by atoms with E-state index in [1.807, 2.05) is 0 Å². The summed E-state index contributed by atoms with van der Waals surface area (Å²) in [6.07, 6.45) is 3.22. The van der Waals surface area contributed by atoms with Gasteiger partial charge in [0.2, 0.25) is 5.90 Å². The first-order chi connectivity index (χ1) is 8.99. The van der Waals surface area contributed by atoms with Gasteiger partial charge in [-0.3, -0.25) is 19.8 Å². The molecular weight excluding hydrogens is 250 g/mol. The number of hydrogen-bond donors (Lipinski definition) is 2. The van der Waals surface area contributed by atoms with Crippen LogP contribution in [0.3, 0.4) is 0 Å². The van der Waals surface area contributed by atoms with Crippen LogP contribution >= 0.6 is 0 Å². The fraction of sp³-hybridized carbons (Fsp3) is 0.182. The van der Waals surface area contributed by atoms with Gasteiger partial charge in [-0.25, -0.2) is 9.78 Å². The fourth-order valence-corrected chi connectivity index (χ4v) is 1.68. The molecule has 0 aliphatic carbocycles. The zero-order chi connectivity index (χ0) is 14.0. The molecule has 98 valence electrons. The number of amides is 1. The van der Waals surface area contributed by atoms with Crippen molar-refractivity contribution in [3.05, 3.63) is 34.6 Å². The van der Waals surface area contributed by atoms with E-state index in [9.17, 15) is 9.59 Å². The van der Waals surface area contributed by atoms with E-state index >= 15 is 0 Å². The van der Waals surface area contributed by atoms with Crippen LogP contribution in [-0.4, -0.2) is 26.5 Å². The fourth-order valence-electron chi connectivity index (χ4n) is 1.68. The number of carbonyl (C=O) groups is 1. The molecule has 0 aromatic carbocycles. The van der Waals surface area contributed by atoms with Crippen molar-refractivity contribution in [2.24, 2.45) is 5.73 Å². The molecule has 3 N–H and O–H groups in total. The normalized spacial score (nSPS) is 10.4. The van der Waals surface area contributed by atoms with Crippen molar-refractivity contribution in [3.8, 4) is 0 Å². The summed E-state index contributed by atoms with van der Waals surface area (Å²) >= 11 is 0. The summed E-state index contributed by atoms with van der Waals surface area (Å²) in [6, 6.07) is 0. The summed E-state index contributed by atoms with van der Waals surface area (Å²) in [7, 11) is 0. The molecule has 0 fully saturated rings. The zero-order valence-electron chi connectivity index (χ0n) is 10.1. The highest BCUT2D eigenvalue weighted by Gasteiger charge is 2.10. The molecule has 2 aromatic rings. The summed E-state index contributed by atoms with van der Waals surface area (Å²) in [6.45, 7) is 1.53. The van der Waals surface area contributed by atoms with E-state index in [0.29, 0.717) is 16.5 Å². The summed E-state index contributed by atoms with van der Waals surface area (Å²) < 4.78 is 5.54. The van der Waals surface area contributed by atoms with Crippen LogP contribution < -0.4 is 11.3 Å². The number of pyridine rings is 1. The van der Waals surface area contributed by atoms with E-state index < -0.39 is 12.0 Å². The molecule has 0 atom stereocenters. The van der Waals surface area contributed by atoms with E-state index in [2.05, 4.69) is 14.7 Å². The highest BCUT2D eigenvalue weighted by atomic mass is 16.6. The third-order valence-electron chi connectivity index (χ3n) is 2.46. The Kier molecular flexibility index (Phi) is 3.23. The van der Waals surface area contributed by atoms with Crippen molar-refractivity contribution < 1.29 is 9.53 Å². The first-order valence-corrected chi connectivity index (χ1v) is 5.33. The first kappa shape index (κ1) is 12.7. The Morgan fingerprint density at radius 3 is 2.95 bits per heavy atom. The van der Waals surface area contributed by atoms with Gasteiger partial charge in [-0.2, -0.15) is 0 Å². The van der Waals surface area contributed by atoms with Crippen molar-refractivity contribution in [1.29, 1.82) is 5.41 Å². The Hall–Kier alpha value is -2.77. The topological polar surface area (TPSA) is 124 Å². The minimum absolute atomic E-state index is 0.216. The number of aryl methyl sites for hydroxylation is 1. The number of rotatable bonds is 2. The Bertz CT molecular complexity index is 722. The number of nitrogens with zero attached hydrogens (tertiary/aromatic N) is 3. The van der Waals surface area contributed by atoms with E-state index in [1.54, 1.807) is 13.1 Å². The predicted octanol–water partition coefficient (Wildman–Crippen LogP) is 0.172. The molecule has 2 heterocycles. The van der Waals surface area contributed by atoms with Crippen LogP contribution in [0.1, 0.15) is 5.56 Å². The third kappa shape index (κ3) is 2.57. The third-order valence-corrected chi connectivity index (χ3v) is 2.46. The number of nitrogens with one attached hydrogen (secondary N) is 1. The molecule has 19 heavy (non-hydrogen) atoms. The molecule has 0 aliphatic heterocycles. The smallest absolute Gasteiger partial charge is 0.394 e. The van der Waals surface area contributed by atoms with Gasteiger partial charge in [0.1, 0.15) is 6.54 Å². The molecule has 1 amide bonds. The van der Waals surface area contributed by atoms with Gasteiger partial charge in [-0.05, 0) is 12.5 Å². The highest BCUT2D eigenvalue weighted by Crippen LogP contribution is 2.08. The summed E-state index contributed by atoms with van der Waals surface area (Å²) in [4.78, 5) is 30.7. The molecular formula is C11H11N5O3. The standard InChI is InChI=1S/C11H11N5O3/c1-6-2-14-3-7-9(6)10(17)16(5-15-7)4-8(12)19-11(13)18/h2-3,5,12H,4H2,1H3,(H2,13,18). The van der Waals surface area contributed by atoms with Crippen LogP contribution in [0.2, 0.25) is 0 Å². The molecule has 0 aliphatic rings. The van der Waals surface area contributed by atoms with E-state index in [1.165, 1.54) is 17.1 Å². The zero-order valence-corrected chi connectivity index (χ0v) is 10.1. The van der Waals surface area contributed by atoms with Crippen molar-refractivity contribution in [1.82, 2.24) is 14.5 Å². The second kappa shape index (κ2) is 4.84. The van der Waals surface area contributed by atoms with Gasteiger partial charge in [0, 0.05) is 6.20 Å². The number of carbonyl (C=O) groups excluding carboxylic acids is 1. The lowest BCUT2D eigenvalue weighted by Gasteiger charge is -2.07. The van der Waals surface area contributed by atoms with E-state index in [0.717, 1.165) is 0 Å². The number of fused-ring (bicyclic) bond motifs is 1. The molecule has 0 saturated heterocycles. The number of aromatic nitrogens is 3. The van der Waals surface area contributed by atoms with Crippen molar-refractivity contribution in [2.75, 3.05) is 0 Å². The van der Waals surface area contributed by atoms with Gasteiger partial charge in [-0.15, -0.1) is 0 Å². The van der Waals surface area contributed by atoms with Crippen LogP contribution in [0.4, 0.5) is 4.79 Å². The number of ether oxygens (including phenoxy) is 1. The van der Waals surface area contributed by atoms with Gasteiger partial charge < -0.3 is 10.5 Å². The van der Waals surface area contributed by atoms with Crippen LogP contribution in [0.25, 0.3) is 10.9 Å². The average Bonchev–Trinajstić information content (AvgIpc) is 2.32. The summed E-state index contributed by atoms with van der Waals surface area (Å²) in [5, 5.41) is 7.81. The molecule has 0 unspecified atom stereocenters. The minimum atomic E-state index is -1.09. The van der Waals surface area contributed by atoms with Crippen molar-refractivity contribution in [2.45, 2.75) is 13.5 Å². The molecule has 2 aromatic heterocycles. The molecule has 8 nitrogen and oxygen atoms in total. The Balaban J connectivity index is 2.43. The Morgan fingerprint density at radius 2 is 2.26 bits per heavy atom. The lowest BCUT2D eigenvalue weighted by atomic mass is 10.2. The summed E-state index contributed by atoms with van der Waals surface area (Å²) in [5.41, 5.74) is 5.62. The Labute approximate surface area is 107 Å². The van der Waals surface area contributed by atoms with Crippen molar-refractivity contribution >= 4 is 22.9 Å². The number of hydrogen-bond acceptors (Lipinski definition) is 6. The highest BCUT2D eigenvalue weighted by molar-refractivity contribution is 5.85. The van der Waals surface area contributed by atoms with Gasteiger partial charge >= 0.3 is 6.09 Å². The molecule has 0 saturated carbocycles. The van der Waals surface area contributed by atoms with E-state index in [-0.39, 0.29) is 12.1 Å². The lowest BCUT2D eigenvalue weighted by molar-refractivity contribution is 0.205. The van der Waals surface area contributed by atoms with Gasteiger partial charge in [0.25, 0.3) is 5.56 Å². The predicted molar refractivity (Wildman–Crippen MR) is 66.9 cm³/mol. The van der Waals surface area contributed by atoms with Crippen LogP contribution in [-0.2, 0) is 11.3 Å². The first-order valence-electron chi connectivity index (χ1n) is 5.33. The second-order valence-corrected chi connectivity index (χ2v) is 3.87. The Morgan fingerprint density at radius 1 is 1.53 bits per heavy atom. The maximum Gasteiger partial charge on any atom is 0.411 e. The SMILES string of the molecule is Cc1cncc2ncn(CC(=N)OC(N)=O)c(=O)c12. The van der Waals surface area contributed by atoms with Gasteiger partial charge in [-0.1, -0.05) is 0 Å². The monoisotopic (exact) mass is 261 g/mol. The van der Waals surface area contributed by atoms with E-state index in [4.69, 9.17) is 11.1 Å². The lowest BCUT2D eigenvalue weighted by Crippen LogP contribution is -2.28. The van der Waals surface area contributed by atoms with Gasteiger partial charge in [0.05, 0.1) is 23.4 Å². The molecule has 8 heteroatoms. The number of nitrogens with two attached hydrogens (primary N) is 1. The van der Waals surface area contributed by atoms with Crippen molar-refractivity contribution in [3.63, 3.8) is 0 Å². The minimum Gasteiger partial charge on any atom is -0.394 e. The molecule has 0 spiro atoms. The number of primary amides is 1. The quantitative estimate of drug-likeness (QED) is 0.589. The molecule has 0 bridgehead atoms. The maximum absolute atomic E-state index is 12.2. The molecule has 0 radical (unpaired) electrons.